The van der Waals surface area contributed by atoms with Crippen molar-refractivity contribution in [3.05, 3.63) is 48.2 Å². The number of aliphatic hydroxyl groups excluding tert-OH is 1. The van der Waals surface area contributed by atoms with E-state index >= 15 is 0 Å². The zero-order chi connectivity index (χ0) is 22.2. The van der Waals surface area contributed by atoms with Crippen molar-refractivity contribution in [1.29, 1.82) is 0 Å². The first-order valence-corrected chi connectivity index (χ1v) is 12.6. The lowest BCUT2D eigenvalue weighted by Crippen LogP contribution is -2.15. The minimum absolute atomic E-state index is 0.684. The lowest BCUT2D eigenvalue weighted by Gasteiger charge is -2.13. The quantitative estimate of drug-likeness (QED) is 0.206. The summed E-state index contributed by atoms with van der Waals surface area (Å²) in [5.74, 6) is 0.707. The van der Waals surface area contributed by atoms with Crippen LogP contribution in [0.25, 0.3) is 11.3 Å². The molecule has 2 rings (SSSR count). The summed E-state index contributed by atoms with van der Waals surface area (Å²) in [7, 11) is 0. The zero-order valence-electron chi connectivity index (χ0n) is 19.8. The first-order chi connectivity index (χ1) is 15.2. The molecular weight excluding hydrogens is 382 g/mol. The number of unbranched alkanes of at least 4 members (excludes halogenated alkanes) is 10. The van der Waals surface area contributed by atoms with Gasteiger partial charge in [0.1, 0.15) is 5.75 Å². The summed E-state index contributed by atoms with van der Waals surface area (Å²) in [6.45, 7) is 4.46. The van der Waals surface area contributed by atoms with E-state index in [2.05, 4.69) is 31.0 Å². The molecule has 172 valence electrons. The molecule has 31 heavy (non-hydrogen) atoms. The zero-order valence-corrected chi connectivity index (χ0v) is 19.8. The first-order valence-electron chi connectivity index (χ1n) is 12.6. The van der Waals surface area contributed by atoms with Crippen molar-refractivity contribution in [3.63, 3.8) is 0 Å². The standard InChI is InChI=1S/C28H43NO2/c1-3-5-7-9-10-11-12-13-15-24-17-22-27(29-23-24)25-18-20-26(21-19-25)31-28(30)16-14-8-6-4-2/h17-23,28,30H,3-16H2,1-2H3/t28-/m0/s1. The van der Waals surface area contributed by atoms with Gasteiger partial charge in [-0.2, -0.15) is 0 Å². The molecule has 0 fully saturated rings. The number of nitrogens with zero attached hydrogens (tertiary/aromatic N) is 1. The third kappa shape index (κ3) is 10.8. The van der Waals surface area contributed by atoms with Crippen molar-refractivity contribution < 1.29 is 9.84 Å². The van der Waals surface area contributed by atoms with Gasteiger partial charge in [-0.25, -0.2) is 0 Å². The highest BCUT2D eigenvalue weighted by Crippen LogP contribution is 2.22. The molecule has 2 aromatic rings. The van der Waals surface area contributed by atoms with Crippen LogP contribution in [0.5, 0.6) is 5.75 Å². The maximum absolute atomic E-state index is 10.0. The number of pyridine rings is 1. The number of aliphatic hydroxyl groups is 1. The van der Waals surface area contributed by atoms with Gasteiger partial charge in [0, 0.05) is 18.2 Å². The van der Waals surface area contributed by atoms with Crippen LogP contribution < -0.4 is 4.74 Å². The topological polar surface area (TPSA) is 42.4 Å². The molecule has 0 saturated carbocycles. The Balaban J connectivity index is 1.69. The number of hydrogen-bond donors (Lipinski definition) is 1. The Morgan fingerprint density at radius 1 is 0.742 bits per heavy atom. The van der Waals surface area contributed by atoms with E-state index in [0.717, 1.165) is 30.5 Å². The summed E-state index contributed by atoms with van der Waals surface area (Å²) < 4.78 is 5.63. The molecule has 1 N–H and O–H groups in total. The molecule has 0 unspecified atom stereocenters. The van der Waals surface area contributed by atoms with Crippen LogP contribution in [0.4, 0.5) is 0 Å². The molecule has 3 nitrogen and oxygen atoms in total. The first kappa shape index (κ1) is 25.4. The van der Waals surface area contributed by atoms with Gasteiger partial charge in [-0.05, 0) is 55.2 Å². The van der Waals surface area contributed by atoms with Crippen molar-refractivity contribution in [3.8, 4) is 17.0 Å². The lowest BCUT2D eigenvalue weighted by molar-refractivity contribution is -0.0245. The molecule has 0 aliphatic carbocycles. The Morgan fingerprint density at radius 3 is 1.97 bits per heavy atom. The van der Waals surface area contributed by atoms with E-state index in [0.29, 0.717) is 12.2 Å². The van der Waals surface area contributed by atoms with E-state index in [9.17, 15) is 5.11 Å². The third-order valence-corrected chi connectivity index (χ3v) is 5.87. The Morgan fingerprint density at radius 2 is 1.35 bits per heavy atom. The average Bonchev–Trinajstić information content (AvgIpc) is 2.79. The van der Waals surface area contributed by atoms with Crippen LogP contribution in [-0.2, 0) is 6.42 Å². The number of ether oxygens (including phenoxy) is 1. The smallest absolute Gasteiger partial charge is 0.197 e. The van der Waals surface area contributed by atoms with Crippen molar-refractivity contribution in [2.75, 3.05) is 0 Å². The fraction of sp³-hybridized carbons (Fsp3) is 0.607. The van der Waals surface area contributed by atoms with Crippen molar-refractivity contribution in [2.45, 2.75) is 110 Å². The Bertz CT molecular complexity index is 681. The van der Waals surface area contributed by atoms with Crippen LogP contribution in [-0.4, -0.2) is 16.4 Å². The maximum Gasteiger partial charge on any atom is 0.197 e. The van der Waals surface area contributed by atoms with Gasteiger partial charge in [-0.1, -0.05) is 84.1 Å². The minimum atomic E-state index is -0.726. The number of aryl methyl sites for hydroxylation is 1. The number of rotatable bonds is 17. The van der Waals surface area contributed by atoms with E-state index in [1.54, 1.807) is 0 Å². The molecule has 0 bridgehead atoms. The predicted octanol–water partition coefficient (Wildman–Crippen LogP) is 8.10. The summed E-state index contributed by atoms with van der Waals surface area (Å²) in [4.78, 5) is 4.66. The van der Waals surface area contributed by atoms with Crippen LogP contribution in [0, 0.1) is 0 Å². The van der Waals surface area contributed by atoms with E-state index in [-0.39, 0.29) is 0 Å². The molecule has 1 aromatic heterocycles. The van der Waals surface area contributed by atoms with Crippen molar-refractivity contribution >= 4 is 0 Å². The molecule has 0 amide bonds. The molecule has 3 heteroatoms. The van der Waals surface area contributed by atoms with Crippen LogP contribution in [0.3, 0.4) is 0 Å². The predicted molar refractivity (Wildman–Crippen MR) is 131 cm³/mol. The lowest BCUT2D eigenvalue weighted by atomic mass is 10.0. The van der Waals surface area contributed by atoms with Gasteiger partial charge < -0.3 is 9.84 Å². The number of benzene rings is 1. The molecule has 0 aliphatic rings. The molecule has 1 aromatic carbocycles. The second-order valence-corrected chi connectivity index (χ2v) is 8.72. The number of hydrogen-bond acceptors (Lipinski definition) is 3. The van der Waals surface area contributed by atoms with Crippen LogP contribution in [0.15, 0.2) is 42.6 Å². The summed E-state index contributed by atoms with van der Waals surface area (Å²) in [5.41, 5.74) is 3.37. The average molecular weight is 426 g/mol. The highest BCUT2D eigenvalue weighted by Gasteiger charge is 2.07. The molecular formula is C28H43NO2. The fourth-order valence-electron chi connectivity index (χ4n) is 3.87. The second-order valence-electron chi connectivity index (χ2n) is 8.72. The number of aromatic nitrogens is 1. The molecule has 0 spiro atoms. The fourth-order valence-corrected chi connectivity index (χ4v) is 3.87. The van der Waals surface area contributed by atoms with Crippen LogP contribution >= 0.6 is 0 Å². The highest BCUT2D eigenvalue weighted by molar-refractivity contribution is 5.60. The Kier molecular flexibility index (Phi) is 13.0. The Hall–Kier alpha value is -1.87. The normalized spacial score (nSPS) is 12.1. The monoisotopic (exact) mass is 425 g/mol. The van der Waals surface area contributed by atoms with Gasteiger partial charge in [-0.15, -0.1) is 0 Å². The molecule has 0 saturated heterocycles. The minimum Gasteiger partial charge on any atom is -0.465 e. The van der Waals surface area contributed by atoms with Gasteiger partial charge in [0.05, 0.1) is 5.69 Å². The van der Waals surface area contributed by atoms with Crippen LogP contribution in [0.2, 0.25) is 0 Å². The van der Waals surface area contributed by atoms with E-state index < -0.39 is 6.29 Å². The molecule has 0 aliphatic heterocycles. The molecule has 0 radical (unpaired) electrons. The van der Waals surface area contributed by atoms with Crippen molar-refractivity contribution in [2.24, 2.45) is 0 Å². The highest BCUT2D eigenvalue weighted by atomic mass is 16.6. The van der Waals surface area contributed by atoms with E-state index in [1.165, 1.54) is 69.8 Å². The van der Waals surface area contributed by atoms with E-state index in [1.807, 2.05) is 30.5 Å². The van der Waals surface area contributed by atoms with Gasteiger partial charge in [0.25, 0.3) is 0 Å². The Labute approximate surface area is 190 Å². The summed E-state index contributed by atoms with van der Waals surface area (Å²) in [6, 6.07) is 12.2. The molecule has 1 atom stereocenters. The second kappa shape index (κ2) is 15.9. The van der Waals surface area contributed by atoms with Gasteiger partial charge >= 0.3 is 0 Å². The van der Waals surface area contributed by atoms with Crippen LogP contribution in [0.1, 0.15) is 103 Å². The summed E-state index contributed by atoms with van der Waals surface area (Å²) in [5, 5.41) is 10.0. The molecule has 1 heterocycles. The van der Waals surface area contributed by atoms with Gasteiger partial charge in [-0.3, -0.25) is 4.98 Å². The summed E-state index contributed by atoms with van der Waals surface area (Å²) >= 11 is 0. The van der Waals surface area contributed by atoms with Gasteiger partial charge in [0.2, 0.25) is 0 Å². The van der Waals surface area contributed by atoms with Gasteiger partial charge in [0.15, 0.2) is 6.29 Å². The van der Waals surface area contributed by atoms with E-state index in [4.69, 9.17) is 4.74 Å². The third-order valence-electron chi connectivity index (χ3n) is 5.87. The maximum atomic E-state index is 10.0. The van der Waals surface area contributed by atoms with Crippen molar-refractivity contribution in [1.82, 2.24) is 4.98 Å². The SMILES string of the molecule is CCCCCCCCCCc1ccc(-c2ccc(O[C@H](O)CCCCCC)cc2)nc1. The largest absolute Gasteiger partial charge is 0.465 e. The summed E-state index contributed by atoms with van der Waals surface area (Å²) in [6.07, 6.45) is 18.5.